The Morgan fingerprint density at radius 2 is 2.14 bits per heavy atom. The van der Waals surface area contributed by atoms with E-state index < -0.39 is 6.09 Å². The normalized spacial score (nSPS) is 30.2. The van der Waals surface area contributed by atoms with Crippen molar-refractivity contribution in [1.29, 1.82) is 0 Å². The fourth-order valence-electron chi connectivity index (χ4n) is 2.85. The number of fused-ring (bicyclic) bond motifs is 1. The van der Waals surface area contributed by atoms with E-state index in [1.807, 2.05) is 54.2 Å². The Morgan fingerprint density at radius 3 is 2.91 bits per heavy atom. The number of thioether (sulfide) groups is 1. The van der Waals surface area contributed by atoms with E-state index in [9.17, 15) is 4.79 Å². The minimum absolute atomic E-state index is 0.139. The molecule has 1 fully saturated rings. The van der Waals surface area contributed by atoms with Gasteiger partial charge >= 0.3 is 6.09 Å². The molecule has 3 rings (SSSR count). The van der Waals surface area contributed by atoms with Crippen LogP contribution in [0.2, 0.25) is 0 Å². The van der Waals surface area contributed by atoms with Gasteiger partial charge in [-0.3, -0.25) is 5.32 Å². The second-order valence-electron chi connectivity index (χ2n) is 5.57. The molecular formula is C17H18ClNO2S. The molecule has 5 heteroatoms. The van der Waals surface area contributed by atoms with Crippen molar-refractivity contribution >= 4 is 35.1 Å². The van der Waals surface area contributed by atoms with Crippen LogP contribution in [-0.2, 0) is 4.74 Å². The van der Waals surface area contributed by atoms with Crippen LogP contribution in [0.25, 0.3) is 0 Å². The molecule has 1 aromatic carbocycles. The summed E-state index contributed by atoms with van der Waals surface area (Å²) in [4.78, 5) is 12.1. The van der Waals surface area contributed by atoms with Gasteiger partial charge in [0, 0.05) is 27.1 Å². The number of rotatable bonds is 2. The minimum Gasteiger partial charge on any atom is -0.445 e. The third kappa shape index (κ3) is 3.68. The minimum atomic E-state index is -0.409. The number of nitrogens with one attached hydrogen (secondary N) is 1. The zero-order valence-electron chi connectivity index (χ0n) is 12.2. The van der Waals surface area contributed by atoms with Gasteiger partial charge in [0.15, 0.2) is 0 Å². The first-order valence-corrected chi connectivity index (χ1v) is 8.67. The smallest absolute Gasteiger partial charge is 0.411 e. The first-order chi connectivity index (χ1) is 10.6. The van der Waals surface area contributed by atoms with E-state index >= 15 is 0 Å². The largest absolute Gasteiger partial charge is 0.445 e. The van der Waals surface area contributed by atoms with Crippen molar-refractivity contribution in [1.82, 2.24) is 0 Å². The van der Waals surface area contributed by atoms with Crippen LogP contribution in [-0.4, -0.2) is 22.7 Å². The number of amides is 1. The zero-order valence-corrected chi connectivity index (χ0v) is 13.8. The Hall–Kier alpha value is -1.39. The molecule has 1 N–H and O–H groups in total. The molecule has 4 atom stereocenters. The average molecular weight is 336 g/mol. The van der Waals surface area contributed by atoms with Gasteiger partial charge in [-0.15, -0.1) is 0 Å². The van der Waals surface area contributed by atoms with Crippen molar-refractivity contribution in [2.45, 2.75) is 29.9 Å². The number of carbonyl (C=O) groups excluding carboxylic acids is 1. The second-order valence-corrected chi connectivity index (χ2v) is 7.63. The van der Waals surface area contributed by atoms with Gasteiger partial charge in [-0.25, -0.2) is 4.79 Å². The molecule has 0 radical (unpaired) electrons. The summed E-state index contributed by atoms with van der Waals surface area (Å²) in [5.41, 5.74) is 0.736. The molecule has 1 aliphatic heterocycles. The Labute approximate surface area is 139 Å². The van der Waals surface area contributed by atoms with Crippen molar-refractivity contribution in [3.05, 3.63) is 53.6 Å². The summed E-state index contributed by atoms with van der Waals surface area (Å²) in [6.45, 7) is 2.17. The molecule has 0 aromatic heterocycles. The quantitative estimate of drug-likeness (QED) is 0.843. The van der Waals surface area contributed by atoms with E-state index in [2.05, 4.69) is 18.3 Å². The number of carbonyl (C=O) groups is 1. The van der Waals surface area contributed by atoms with Crippen LogP contribution in [0.3, 0.4) is 0 Å². The van der Waals surface area contributed by atoms with E-state index in [-0.39, 0.29) is 12.0 Å². The van der Waals surface area contributed by atoms with Gasteiger partial charge in [0.05, 0.1) is 0 Å². The topological polar surface area (TPSA) is 38.3 Å². The van der Waals surface area contributed by atoms with Crippen LogP contribution in [0.4, 0.5) is 10.5 Å². The summed E-state index contributed by atoms with van der Waals surface area (Å²) < 4.78 is 5.68. The van der Waals surface area contributed by atoms with Gasteiger partial charge in [0.25, 0.3) is 0 Å². The van der Waals surface area contributed by atoms with Crippen LogP contribution < -0.4 is 5.32 Å². The van der Waals surface area contributed by atoms with Crippen LogP contribution >= 0.6 is 23.4 Å². The highest BCUT2D eigenvalue weighted by molar-refractivity contribution is 8.00. The lowest BCUT2D eigenvalue weighted by molar-refractivity contribution is 0.0782. The number of ether oxygens (including phenoxy) is 1. The maximum atomic E-state index is 12.1. The van der Waals surface area contributed by atoms with Crippen molar-refractivity contribution in [3.8, 4) is 0 Å². The predicted octanol–water partition coefficient (Wildman–Crippen LogP) is 4.81. The maximum Gasteiger partial charge on any atom is 0.411 e. The lowest BCUT2D eigenvalue weighted by atomic mass is 9.90. The van der Waals surface area contributed by atoms with Crippen LogP contribution in [0.1, 0.15) is 13.3 Å². The summed E-state index contributed by atoms with van der Waals surface area (Å²) in [6, 6.07) is 9.33. The molecular weight excluding hydrogens is 318 g/mol. The zero-order chi connectivity index (χ0) is 15.5. The molecule has 22 heavy (non-hydrogen) atoms. The Kier molecular flexibility index (Phi) is 4.79. The van der Waals surface area contributed by atoms with E-state index in [0.717, 1.165) is 12.1 Å². The van der Waals surface area contributed by atoms with E-state index in [4.69, 9.17) is 16.3 Å². The standard InChI is InChI=1S/C17H18ClNO2S/c1-11-9-15(14-10-12(18)7-8-16(14)22-11)21-17(20)19-13-5-3-2-4-6-13/h2-8,10-11,14-16H,9H2,1H3,(H,19,20)/t11-,14-,15+,16+/m1/s1. The molecule has 0 spiro atoms. The second kappa shape index (κ2) is 6.80. The summed E-state index contributed by atoms with van der Waals surface area (Å²) in [7, 11) is 0. The molecule has 0 unspecified atom stereocenters. The molecule has 0 bridgehead atoms. The number of allylic oxidation sites excluding steroid dienone is 2. The highest BCUT2D eigenvalue weighted by Gasteiger charge is 2.38. The molecule has 1 heterocycles. The number of hydrogen-bond acceptors (Lipinski definition) is 3. The van der Waals surface area contributed by atoms with Gasteiger partial charge < -0.3 is 4.74 Å². The SMILES string of the molecule is C[C@@H]1C[C@H](OC(=O)Nc2ccccc2)[C@H]2C=C(Cl)C=C[C@@H]2S1. The number of anilines is 1. The van der Waals surface area contributed by atoms with E-state index in [1.54, 1.807) is 0 Å². The first kappa shape index (κ1) is 15.5. The fourth-order valence-corrected chi connectivity index (χ4v) is 4.51. The molecule has 1 saturated heterocycles. The average Bonchev–Trinajstić information content (AvgIpc) is 2.49. The number of para-hydroxylation sites is 1. The monoisotopic (exact) mass is 335 g/mol. The molecule has 2 aliphatic rings. The van der Waals surface area contributed by atoms with Crippen molar-refractivity contribution in [2.24, 2.45) is 5.92 Å². The molecule has 116 valence electrons. The Morgan fingerprint density at radius 1 is 1.36 bits per heavy atom. The molecule has 1 amide bonds. The lowest BCUT2D eigenvalue weighted by Crippen LogP contribution is -2.40. The van der Waals surface area contributed by atoms with Gasteiger partial charge in [-0.2, -0.15) is 11.8 Å². The van der Waals surface area contributed by atoms with E-state index in [0.29, 0.717) is 15.5 Å². The Bertz CT molecular complexity index is 602. The third-order valence-corrected chi connectivity index (χ3v) is 5.53. The first-order valence-electron chi connectivity index (χ1n) is 7.35. The highest BCUT2D eigenvalue weighted by Crippen LogP contribution is 2.41. The van der Waals surface area contributed by atoms with Crippen LogP contribution in [0, 0.1) is 5.92 Å². The van der Waals surface area contributed by atoms with Crippen molar-refractivity contribution in [2.75, 3.05) is 5.32 Å². The van der Waals surface area contributed by atoms with Crippen LogP contribution in [0.5, 0.6) is 0 Å². The Balaban J connectivity index is 1.67. The number of halogens is 1. The van der Waals surface area contributed by atoms with Crippen LogP contribution in [0.15, 0.2) is 53.6 Å². The molecule has 0 saturated carbocycles. The van der Waals surface area contributed by atoms with Gasteiger partial charge in [-0.05, 0) is 24.6 Å². The summed E-state index contributed by atoms with van der Waals surface area (Å²) in [6.07, 6.45) is 6.32. The number of benzene rings is 1. The molecule has 3 nitrogen and oxygen atoms in total. The van der Waals surface area contributed by atoms with E-state index in [1.165, 1.54) is 0 Å². The summed E-state index contributed by atoms with van der Waals surface area (Å²) in [5.74, 6) is 0.139. The fraction of sp³-hybridized carbons (Fsp3) is 0.353. The molecule has 1 aromatic rings. The summed E-state index contributed by atoms with van der Waals surface area (Å²) in [5, 5.41) is 4.26. The van der Waals surface area contributed by atoms with Gasteiger partial charge in [0.2, 0.25) is 0 Å². The highest BCUT2D eigenvalue weighted by atomic mass is 35.5. The maximum absolute atomic E-state index is 12.1. The van der Waals surface area contributed by atoms with Crippen molar-refractivity contribution < 1.29 is 9.53 Å². The van der Waals surface area contributed by atoms with Gasteiger partial charge in [-0.1, -0.05) is 48.9 Å². The third-order valence-electron chi connectivity index (χ3n) is 3.84. The van der Waals surface area contributed by atoms with Crippen molar-refractivity contribution in [3.63, 3.8) is 0 Å². The predicted molar refractivity (Wildman–Crippen MR) is 92.4 cm³/mol. The lowest BCUT2D eigenvalue weighted by Gasteiger charge is -2.38. The summed E-state index contributed by atoms with van der Waals surface area (Å²) >= 11 is 8.02. The van der Waals surface area contributed by atoms with Gasteiger partial charge in [0.1, 0.15) is 6.10 Å². The number of hydrogen-bond donors (Lipinski definition) is 1. The molecule has 1 aliphatic carbocycles.